The van der Waals surface area contributed by atoms with Crippen LogP contribution in [-0.2, 0) is 26.1 Å². The summed E-state index contributed by atoms with van der Waals surface area (Å²) in [7, 11) is 0. The Morgan fingerprint density at radius 2 is 1.00 bits per heavy atom. The second kappa shape index (κ2) is 15.5. The van der Waals surface area contributed by atoms with E-state index >= 15 is 0 Å². The molecule has 12 nitrogen and oxygen atoms in total. The molecular formula is C20H20N6NiO6. The molecule has 33 heavy (non-hydrogen) atoms. The van der Waals surface area contributed by atoms with Gasteiger partial charge in [0, 0.05) is 11.4 Å². The molecule has 2 amide bonds. The van der Waals surface area contributed by atoms with E-state index in [0.717, 1.165) is 0 Å². The molecule has 2 aromatic rings. The van der Waals surface area contributed by atoms with Crippen molar-refractivity contribution in [3.05, 3.63) is 71.1 Å². The fraction of sp³-hybridized carbons (Fsp3) is 0.100. The molecule has 4 N–H and O–H groups in total. The standard InChI is InChI=1S/2C10H11N3O3.Ni/c2*1-7(12-15)9(13-16)10(14)11-8-5-3-2-4-6-8;/h2*2-6,15-16H,1H3,(H,11,14);/q;;+2/p-2/b12-7+,13-9+;12-7+,13-9-;. The number of carbonyl (C=O) groups is 2. The third-order valence-corrected chi connectivity index (χ3v) is 3.65. The van der Waals surface area contributed by atoms with Crippen molar-refractivity contribution in [3.8, 4) is 0 Å². The zero-order valence-corrected chi connectivity index (χ0v) is 18.4. The van der Waals surface area contributed by atoms with Crippen LogP contribution in [0.25, 0.3) is 0 Å². The molecule has 0 radical (unpaired) electrons. The molecule has 0 heterocycles. The second-order valence-electron chi connectivity index (χ2n) is 5.89. The summed E-state index contributed by atoms with van der Waals surface area (Å²) in [6.07, 6.45) is 0. The van der Waals surface area contributed by atoms with Crippen molar-refractivity contribution in [2.75, 3.05) is 10.6 Å². The zero-order valence-electron chi connectivity index (χ0n) is 17.4. The number of anilines is 2. The van der Waals surface area contributed by atoms with E-state index in [0.29, 0.717) is 11.4 Å². The Kier molecular flexibility index (Phi) is 13.5. The van der Waals surface area contributed by atoms with Gasteiger partial charge in [-0.15, -0.1) is 0 Å². The number of oxime groups is 2. The van der Waals surface area contributed by atoms with Crippen molar-refractivity contribution in [1.82, 2.24) is 0 Å². The van der Waals surface area contributed by atoms with Gasteiger partial charge in [-0.05, 0) is 38.1 Å². The van der Waals surface area contributed by atoms with Gasteiger partial charge in [0.2, 0.25) is 0 Å². The van der Waals surface area contributed by atoms with Crippen LogP contribution in [0, 0.1) is 10.4 Å². The van der Waals surface area contributed by atoms with Gasteiger partial charge in [-0.2, -0.15) is 0 Å². The first-order chi connectivity index (χ1) is 15.4. The Labute approximate surface area is 198 Å². The van der Waals surface area contributed by atoms with Crippen LogP contribution < -0.4 is 10.6 Å². The van der Waals surface area contributed by atoms with Crippen LogP contribution in [0.5, 0.6) is 0 Å². The van der Waals surface area contributed by atoms with Crippen LogP contribution in [0.3, 0.4) is 0 Å². The number of rotatable bonds is 6. The van der Waals surface area contributed by atoms with Gasteiger partial charge < -0.3 is 41.8 Å². The van der Waals surface area contributed by atoms with E-state index in [9.17, 15) is 20.0 Å². The normalized spacial score (nSPS) is 11.9. The summed E-state index contributed by atoms with van der Waals surface area (Å²) in [6, 6.07) is 17.2. The Morgan fingerprint density at radius 3 is 1.24 bits per heavy atom. The quantitative estimate of drug-likeness (QED) is 0.204. The van der Waals surface area contributed by atoms with Crippen LogP contribution in [-0.4, -0.2) is 45.1 Å². The average Bonchev–Trinajstić information content (AvgIpc) is 2.81. The molecule has 0 aromatic heterocycles. The van der Waals surface area contributed by atoms with Crippen molar-refractivity contribution >= 4 is 46.0 Å². The van der Waals surface area contributed by atoms with E-state index in [1.165, 1.54) is 13.8 Å². The van der Waals surface area contributed by atoms with Gasteiger partial charge in [-0.1, -0.05) is 46.7 Å². The number of nitrogens with one attached hydrogen (secondary N) is 2. The first-order valence-electron chi connectivity index (χ1n) is 8.89. The second-order valence-corrected chi connectivity index (χ2v) is 5.89. The summed E-state index contributed by atoms with van der Waals surface area (Å²) in [5.74, 6) is -1.38. The number of hydrogen-bond donors (Lipinski definition) is 4. The molecular weight excluding hydrogens is 479 g/mol. The van der Waals surface area contributed by atoms with E-state index in [1.54, 1.807) is 60.7 Å². The number of nitrogens with zero attached hydrogens (tertiary/aromatic N) is 4. The average molecular weight is 499 g/mol. The molecule has 0 atom stereocenters. The molecule has 176 valence electrons. The topological polar surface area (TPSA) is 194 Å². The van der Waals surface area contributed by atoms with E-state index in [1.807, 2.05) is 0 Å². The number of hydrogen-bond acceptors (Lipinski definition) is 10. The molecule has 2 aromatic carbocycles. The van der Waals surface area contributed by atoms with Gasteiger partial charge in [0.05, 0.1) is 11.4 Å². The minimum absolute atomic E-state index is 0. The SMILES string of the molecule is CC(=N\[O-])/C(=N/O)C(=O)Nc1ccccc1.CC(=N\[O-])/C(=N\O)C(=O)Nc1ccccc1.[Ni+2]. The first-order valence-corrected chi connectivity index (χ1v) is 8.89. The largest absolute Gasteiger partial charge is 2.00 e. The third-order valence-electron chi connectivity index (χ3n) is 3.65. The zero-order chi connectivity index (χ0) is 23.9. The van der Waals surface area contributed by atoms with Crippen molar-refractivity contribution in [1.29, 1.82) is 0 Å². The summed E-state index contributed by atoms with van der Waals surface area (Å²) in [5, 5.41) is 53.0. The third kappa shape index (κ3) is 9.62. The molecule has 0 fully saturated rings. The van der Waals surface area contributed by atoms with Crippen LogP contribution in [0.1, 0.15) is 13.8 Å². The maximum Gasteiger partial charge on any atom is 2.00 e. The van der Waals surface area contributed by atoms with Crippen molar-refractivity contribution in [2.45, 2.75) is 13.8 Å². The van der Waals surface area contributed by atoms with Gasteiger partial charge in [0.15, 0.2) is 11.4 Å². The molecule has 0 saturated heterocycles. The van der Waals surface area contributed by atoms with E-state index in [4.69, 9.17) is 10.4 Å². The fourth-order valence-electron chi connectivity index (χ4n) is 2.07. The van der Waals surface area contributed by atoms with Gasteiger partial charge in [0.25, 0.3) is 11.8 Å². The number of para-hydroxylation sites is 2. The summed E-state index contributed by atoms with van der Waals surface area (Å²) >= 11 is 0. The van der Waals surface area contributed by atoms with E-state index in [-0.39, 0.29) is 27.9 Å². The van der Waals surface area contributed by atoms with Crippen LogP contribution >= 0.6 is 0 Å². The summed E-state index contributed by atoms with van der Waals surface area (Å²) in [6.45, 7) is 2.57. The van der Waals surface area contributed by atoms with Crippen molar-refractivity contribution < 1.29 is 36.5 Å². The van der Waals surface area contributed by atoms with Gasteiger partial charge in [-0.25, -0.2) is 0 Å². The number of amides is 2. The summed E-state index contributed by atoms with van der Waals surface area (Å²) in [4.78, 5) is 23.0. The van der Waals surface area contributed by atoms with Gasteiger partial charge in [-0.3, -0.25) is 9.59 Å². The fourth-order valence-corrected chi connectivity index (χ4v) is 2.07. The summed E-state index contributed by atoms with van der Waals surface area (Å²) < 4.78 is 0. The van der Waals surface area contributed by atoms with Gasteiger partial charge in [0.1, 0.15) is 0 Å². The first kappa shape index (κ1) is 28.8. The molecule has 13 heteroatoms. The van der Waals surface area contributed by atoms with Crippen LogP contribution in [0.4, 0.5) is 11.4 Å². The van der Waals surface area contributed by atoms with Gasteiger partial charge >= 0.3 is 16.5 Å². The maximum atomic E-state index is 11.5. The molecule has 2 rings (SSSR count). The number of carbonyl (C=O) groups excluding carboxylic acids is 2. The van der Waals surface area contributed by atoms with Crippen molar-refractivity contribution in [2.24, 2.45) is 20.6 Å². The molecule has 0 aliphatic heterocycles. The summed E-state index contributed by atoms with van der Waals surface area (Å²) in [5.41, 5.74) is -0.107. The molecule has 0 saturated carbocycles. The molecule has 0 bridgehead atoms. The molecule has 0 unspecified atom stereocenters. The minimum atomic E-state index is -0.689. The predicted octanol–water partition coefficient (Wildman–Crippen LogP) is 2.83. The van der Waals surface area contributed by atoms with Crippen LogP contribution in [0.2, 0.25) is 0 Å². The Bertz CT molecular complexity index is 942. The van der Waals surface area contributed by atoms with E-state index < -0.39 is 23.2 Å². The Morgan fingerprint density at radius 1 is 0.697 bits per heavy atom. The number of benzene rings is 2. The predicted molar refractivity (Wildman–Crippen MR) is 122 cm³/mol. The van der Waals surface area contributed by atoms with Crippen LogP contribution in [0.15, 0.2) is 81.3 Å². The molecule has 0 aliphatic rings. The molecule has 0 spiro atoms. The smallest absolute Gasteiger partial charge is 0.792 e. The Hall–Kier alpha value is -4.25. The maximum absolute atomic E-state index is 11.5. The Balaban J connectivity index is 0.000000602. The van der Waals surface area contributed by atoms with Crippen molar-refractivity contribution in [3.63, 3.8) is 0 Å². The minimum Gasteiger partial charge on any atom is -0.792 e. The monoisotopic (exact) mass is 498 g/mol. The molecule has 0 aliphatic carbocycles. The van der Waals surface area contributed by atoms with E-state index in [2.05, 4.69) is 31.3 Å².